The quantitative estimate of drug-likeness (QED) is 0.890. The standard InChI is InChI=1S/C15H20ClN3O2/c1-10-13(15(16)19(2)18-10)9-21-14-8-12(20-3)5-4-11(14)6-7-17/h4-5,8H,6-7,9,17H2,1-3H3. The van der Waals surface area contributed by atoms with E-state index in [0.29, 0.717) is 18.3 Å². The lowest BCUT2D eigenvalue weighted by Crippen LogP contribution is -2.06. The Labute approximate surface area is 129 Å². The van der Waals surface area contributed by atoms with Crippen LogP contribution < -0.4 is 15.2 Å². The molecule has 0 amide bonds. The molecule has 1 heterocycles. The number of aryl methyl sites for hydroxylation is 2. The van der Waals surface area contributed by atoms with Gasteiger partial charge in [0.1, 0.15) is 23.3 Å². The molecule has 0 bridgehead atoms. The average Bonchev–Trinajstić information content (AvgIpc) is 2.71. The second-order valence-corrected chi connectivity index (χ2v) is 5.14. The summed E-state index contributed by atoms with van der Waals surface area (Å²) in [5, 5.41) is 4.87. The minimum atomic E-state index is 0.364. The van der Waals surface area contributed by atoms with Crippen LogP contribution in [0.25, 0.3) is 0 Å². The van der Waals surface area contributed by atoms with Crippen molar-refractivity contribution in [2.75, 3.05) is 13.7 Å². The molecule has 0 aliphatic rings. The van der Waals surface area contributed by atoms with Gasteiger partial charge in [0.15, 0.2) is 0 Å². The zero-order valence-corrected chi connectivity index (χ0v) is 13.3. The second-order valence-electron chi connectivity index (χ2n) is 4.78. The van der Waals surface area contributed by atoms with Gasteiger partial charge in [0.05, 0.1) is 12.8 Å². The molecule has 2 rings (SSSR count). The summed E-state index contributed by atoms with van der Waals surface area (Å²) in [6, 6.07) is 5.74. The third-order valence-electron chi connectivity index (χ3n) is 3.33. The molecule has 0 saturated heterocycles. The van der Waals surface area contributed by atoms with Crippen LogP contribution in [0.1, 0.15) is 16.8 Å². The maximum absolute atomic E-state index is 6.22. The number of hydrogen-bond acceptors (Lipinski definition) is 4. The van der Waals surface area contributed by atoms with Gasteiger partial charge in [0.25, 0.3) is 0 Å². The fraction of sp³-hybridized carbons (Fsp3) is 0.400. The van der Waals surface area contributed by atoms with E-state index in [1.807, 2.05) is 32.2 Å². The van der Waals surface area contributed by atoms with Crippen LogP contribution in [0.3, 0.4) is 0 Å². The van der Waals surface area contributed by atoms with Gasteiger partial charge in [-0.05, 0) is 31.5 Å². The van der Waals surface area contributed by atoms with Crippen LogP contribution in [0.2, 0.25) is 5.15 Å². The highest BCUT2D eigenvalue weighted by atomic mass is 35.5. The van der Waals surface area contributed by atoms with Crippen molar-refractivity contribution in [2.24, 2.45) is 12.8 Å². The van der Waals surface area contributed by atoms with Crippen molar-refractivity contribution < 1.29 is 9.47 Å². The van der Waals surface area contributed by atoms with E-state index in [1.54, 1.807) is 11.8 Å². The highest BCUT2D eigenvalue weighted by Crippen LogP contribution is 2.27. The van der Waals surface area contributed by atoms with Gasteiger partial charge in [-0.15, -0.1) is 0 Å². The van der Waals surface area contributed by atoms with Crippen LogP contribution in [0.4, 0.5) is 0 Å². The first-order valence-corrected chi connectivity index (χ1v) is 7.12. The SMILES string of the molecule is COc1ccc(CCN)c(OCc2c(C)nn(C)c2Cl)c1. The lowest BCUT2D eigenvalue weighted by Gasteiger charge is -2.12. The topological polar surface area (TPSA) is 62.3 Å². The van der Waals surface area contributed by atoms with Gasteiger partial charge in [-0.2, -0.15) is 5.10 Å². The first-order chi connectivity index (χ1) is 10.1. The van der Waals surface area contributed by atoms with E-state index >= 15 is 0 Å². The Bertz CT molecular complexity index is 626. The maximum Gasteiger partial charge on any atom is 0.133 e. The molecule has 0 radical (unpaired) electrons. The van der Waals surface area contributed by atoms with Gasteiger partial charge < -0.3 is 15.2 Å². The van der Waals surface area contributed by atoms with Crippen LogP contribution in [-0.4, -0.2) is 23.4 Å². The van der Waals surface area contributed by atoms with Gasteiger partial charge in [-0.25, -0.2) is 0 Å². The minimum absolute atomic E-state index is 0.364. The fourth-order valence-electron chi connectivity index (χ4n) is 2.15. The van der Waals surface area contributed by atoms with E-state index in [2.05, 4.69) is 5.10 Å². The van der Waals surface area contributed by atoms with Crippen molar-refractivity contribution in [3.05, 3.63) is 40.2 Å². The molecule has 0 atom stereocenters. The van der Waals surface area contributed by atoms with Crippen LogP contribution in [0, 0.1) is 6.92 Å². The summed E-state index contributed by atoms with van der Waals surface area (Å²) >= 11 is 6.22. The van der Waals surface area contributed by atoms with E-state index in [4.69, 9.17) is 26.8 Å². The van der Waals surface area contributed by atoms with Crippen molar-refractivity contribution in [2.45, 2.75) is 20.0 Å². The Morgan fingerprint density at radius 3 is 2.71 bits per heavy atom. The Kier molecular flexibility index (Phi) is 5.09. The fourth-order valence-corrected chi connectivity index (χ4v) is 2.38. The summed E-state index contributed by atoms with van der Waals surface area (Å²) in [5.74, 6) is 1.51. The average molecular weight is 310 g/mol. The van der Waals surface area contributed by atoms with Crippen LogP contribution in [0.15, 0.2) is 18.2 Å². The molecular weight excluding hydrogens is 290 g/mol. The molecule has 0 saturated carbocycles. The first kappa shape index (κ1) is 15.7. The van der Waals surface area contributed by atoms with Crippen LogP contribution >= 0.6 is 11.6 Å². The number of aromatic nitrogens is 2. The monoisotopic (exact) mass is 309 g/mol. The number of ether oxygens (including phenoxy) is 2. The van der Waals surface area contributed by atoms with Gasteiger partial charge in [-0.3, -0.25) is 4.68 Å². The van der Waals surface area contributed by atoms with Gasteiger partial charge >= 0.3 is 0 Å². The molecule has 0 unspecified atom stereocenters. The molecule has 0 spiro atoms. The predicted octanol–water partition coefficient (Wildman–Crippen LogP) is 2.47. The molecule has 1 aromatic carbocycles. The molecule has 114 valence electrons. The van der Waals surface area contributed by atoms with E-state index in [0.717, 1.165) is 34.7 Å². The molecule has 0 aliphatic heterocycles. The zero-order chi connectivity index (χ0) is 15.4. The molecule has 0 fully saturated rings. The summed E-state index contributed by atoms with van der Waals surface area (Å²) in [7, 11) is 3.44. The van der Waals surface area contributed by atoms with Crippen LogP contribution in [-0.2, 0) is 20.1 Å². The lowest BCUT2D eigenvalue weighted by atomic mass is 10.1. The zero-order valence-electron chi connectivity index (χ0n) is 12.5. The van der Waals surface area contributed by atoms with Gasteiger partial charge in [-0.1, -0.05) is 17.7 Å². The van der Waals surface area contributed by atoms with Crippen molar-refractivity contribution in [1.29, 1.82) is 0 Å². The Hall–Kier alpha value is -1.72. The lowest BCUT2D eigenvalue weighted by molar-refractivity contribution is 0.299. The van der Waals surface area contributed by atoms with E-state index in [1.165, 1.54) is 0 Å². The number of halogens is 1. The first-order valence-electron chi connectivity index (χ1n) is 6.74. The molecule has 1 aromatic heterocycles. The highest BCUT2D eigenvalue weighted by molar-refractivity contribution is 6.30. The van der Waals surface area contributed by atoms with Crippen molar-refractivity contribution in [1.82, 2.24) is 9.78 Å². The second kappa shape index (κ2) is 6.83. The largest absolute Gasteiger partial charge is 0.497 e. The summed E-state index contributed by atoms with van der Waals surface area (Å²) < 4.78 is 12.8. The smallest absolute Gasteiger partial charge is 0.133 e. The van der Waals surface area contributed by atoms with Crippen molar-refractivity contribution in [3.8, 4) is 11.5 Å². The molecule has 2 N–H and O–H groups in total. The summed E-state index contributed by atoms with van der Waals surface area (Å²) in [4.78, 5) is 0. The number of rotatable bonds is 6. The predicted molar refractivity (Wildman–Crippen MR) is 83.0 cm³/mol. The third-order valence-corrected chi connectivity index (χ3v) is 3.80. The molecular formula is C15H20ClN3O2. The number of hydrogen-bond donors (Lipinski definition) is 1. The van der Waals surface area contributed by atoms with E-state index in [9.17, 15) is 0 Å². The number of benzene rings is 1. The summed E-state index contributed by atoms with van der Waals surface area (Å²) in [6.07, 6.45) is 0.749. The molecule has 0 aliphatic carbocycles. The Morgan fingerprint density at radius 2 is 2.14 bits per heavy atom. The third kappa shape index (κ3) is 3.49. The number of nitrogens with two attached hydrogens (primary N) is 1. The van der Waals surface area contributed by atoms with Gasteiger partial charge in [0.2, 0.25) is 0 Å². The maximum atomic E-state index is 6.22. The van der Waals surface area contributed by atoms with E-state index < -0.39 is 0 Å². The molecule has 6 heteroatoms. The van der Waals surface area contributed by atoms with Crippen molar-refractivity contribution in [3.63, 3.8) is 0 Å². The van der Waals surface area contributed by atoms with E-state index in [-0.39, 0.29) is 0 Å². The Morgan fingerprint density at radius 1 is 1.38 bits per heavy atom. The summed E-state index contributed by atoms with van der Waals surface area (Å²) in [5.41, 5.74) is 8.45. The van der Waals surface area contributed by atoms with Gasteiger partial charge in [0, 0.05) is 18.7 Å². The summed E-state index contributed by atoms with van der Waals surface area (Å²) in [6.45, 7) is 2.84. The van der Waals surface area contributed by atoms with Crippen molar-refractivity contribution >= 4 is 11.6 Å². The highest BCUT2D eigenvalue weighted by Gasteiger charge is 2.13. The Balaban J connectivity index is 2.21. The molecule has 5 nitrogen and oxygen atoms in total. The van der Waals surface area contributed by atoms with Crippen LogP contribution in [0.5, 0.6) is 11.5 Å². The molecule has 21 heavy (non-hydrogen) atoms. The minimum Gasteiger partial charge on any atom is -0.497 e. The molecule has 2 aromatic rings. The normalized spacial score (nSPS) is 10.7. The number of methoxy groups -OCH3 is 1. The number of nitrogens with zero attached hydrogens (tertiary/aromatic N) is 2.